The summed E-state index contributed by atoms with van der Waals surface area (Å²) in [7, 11) is 0. The van der Waals surface area contributed by atoms with Crippen LogP contribution in [0.5, 0.6) is 0 Å². The van der Waals surface area contributed by atoms with E-state index in [0.29, 0.717) is 6.54 Å². The lowest BCUT2D eigenvalue weighted by atomic mass is 9.93. The number of aromatic amines is 1. The molecule has 0 spiro atoms. The average molecular weight is 256 g/mol. The van der Waals surface area contributed by atoms with Crippen LogP contribution in [0.1, 0.15) is 19.7 Å². The van der Waals surface area contributed by atoms with Gasteiger partial charge in [-0.2, -0.15) is 0 Å². The molecule has 3 aromatic rings. The van der Waals surface area contributed by atoms with E-state index in [1.807, 2.05) is 24.4 Å². The van der Waals surface area contributed by atoms with Crippen LogP contribution in [0.4, 0.5) is 0 Å². The molecule has 0 aliphatic carbocycles. The molecule has 0 saturated carbocycles. The van der Waals surface area contributed by atoms with Gasteiger partial charge in [-0.25, -0.2) is 9.97 Å². The van der Waals surface area contributed by atoms with E-state index in [0.717, 1.165) is 28.2 Å². The lowest BCUT2D eigenvalue weighted by Gasteiger charge is -2.18. The lowest BCUT2D eigenvalue weighted by Crippen LogP contribution is -2.29. The van der Waals surface area contributed by atoms with Crippen LogP contribution in [0.3, 0.4) is 0 Å². The molecule has 1 aromatic carbocycles. The first-order valence-corrected chi connectivity index (χ1v) is 6.19. The molecule has 0 unspecified atom stereocenters. The zero-order valence-electron chi connectivity index (χ0n) is 11.0. The van der Waals surface area contributed by atoms with Gasteiger partial charge in [0.1, 0.15) is 11.3 Å². The number of oxazole rings is 1. The highest BCUT2D eigenvalue weighted by Gasteiger charge is 2.22. The Hall–Kier alpha value is -2.14. The first-order chi connectivity index (χ1) is 9.10. The fourth-order valence-corrected chi connectivity index (χ4v) is 1.93. The standard InChI is InChI=1S/C14H16N4O/c1-14(2,7-15)13-16-6-11(18-13)9-3-4-10-12(5-9)19-8-17-10/h3-6,8H,7,15H2,1-2H3,(H,16,18). The van der Waals surface area contributed by atoms with Crippen molar-refractivity contribution in [1.82, 2.24) is 15.0 Å². The number of nitrogens with two attached hydrogens (primary N) is 1. The highest BCUT2D eigenvalue weighted by molar-refractivity contribution is 5.78. The minimum Gasteiger partial charge on any atom is -0.443 e. The third kappa shape index (κ3) is 2.02. The molecule has 0 bridgehead atoms. The quantitative estimate of drug-likeness (QED) is 0.754. The van der Waals surface area contributed by atoms with Crippen LogP contribution in [-0.4, -0.2) is 21.5 Å². The minimum absolute atomic E-state index is 0.158. The van der Waals surface area contributed by atoms with Gasteiger partial charge in [0.25, 0.3) is 0 Å². The SMILES string of the molecule is CC(C)(CN)c1ncc(-c2ccc3ncoc3c2)[nH]1. The second-order valence-electron chi connectivity index (χ2n) is 5.27. The normalized spacial score (nSPS) is 12.2. The molecule has 0 amide bonds. The summed E-state index contributed by atoms with van der Waals surface area (Å²) in [5.41, 5.74) is 9.21. The van der Waals surface area contributed by atoms with E-state index in [2.05, 4.69) is 28.8 Å². The number of fused-ring (bicyclic) bond motifs is 1. The molecule has 5 nitrogen and oxygen atoms in total. The summed E-state index contributed by atoms with van der Waals surface area (Å²) in [6.45, 7) is 4.67. The van der Waals surface area contributed by atoms with Crippen molar-refractivity contribution in [3.05, 3.63) is 36.6 Å². The first-order valence-electron chi connectivity index (χ1n) is 6.19. The Balaban J connectivity index is 2.02. The Morgan fingerprint density at radius 1 is 1.32 bits per heavy atom. The van der Waals surface area contributed by atoms with Crippen molar-refractivity contribution in [3.8, 4) is 11.3 Å². The van der Waals surface area contributed by atoms with Gasteiger partial charge < -0.3 is 15.1 Å². The second-order valence-corrected chi connectivity index (χ2v) is 5.27. The highest BCUT2D eigenvalue weighted by atomic mass is 16.3. The van der Waals surface area contributed by atoms with Crippen molar-refractivity contribution >= 4 is 11.1 Å². The van der Waals surface area contributed by atoms with Gasteiger partial charge in [-0.15, -0.1) is 0 Å². The van der Waals surface area contributed by atoms with Gasteiger partial charge in [-0.05, 0) is 12.1 Å². The molecular weight excluding hydrogens is 240 g/mol. The molecule has 0 aliphatic rings. The maximum absolute atomic E-state index is 5.76. The van der Waals surface area contributed by atoms with E-state index in [-0.39, 0.29) is 5.41 Å². The molecule has 0 aliphatic heterocycles. The van der Waals surface area contributed by atoms with Gasteiger partial charge >= 0.3 is 0 Å². The number of aromatic nitrogens is 3. The van der Waals surface area contributed by atoms with Crippen LogP contribution in [0.25, 0.3) is 22.4 Å². The summed E-state index contributed by atoms with van der Waals surface area (Å²) in [4.78, 5) is 11.8. The van der Waals surface area contributed by atoms with Gasteiger partial charge in [0.2, 0.25) is 0 Å². The molecule has 98 valence electrons. The van der Waals surface area contributed by atoms with Crippen LogP contribution in [0.15, 0.2) is 35.2 Å². The number of hydrogen-bond donors (Lipinski definition) is 2. The number of H-pyrrole nitrogens is 1. The number of nitrogens with zero attached hydrogens (tertiary/aromatic N) is 2. The fraction of sp³-hybridized carbons (Fsp3) is 0.286. The molecule has 2 heterocycles. The van der Waals surface area contributed by atoms with Crippen molar-refractivity contribution in [2.45, 2.75) is 19.3 Å². The zero-order chi connectivity index (χ0) is 13.5. The summed E-state index contributed by atoms with van der Waals surface area (Å²) in [5, 5.41) is 0. The number of hydrogen-bond acceptors (Lipinski definition) is 4. The van der Waals surface area contributed by atoms with Crippen molar-refractivity contribution < 1.29 is 4.42 Å². The number of imidazole rings is 1. The van der Waals surface area contributed by atoms with Gasteiger partial charge in [0, 0.05) is 17.5 Å². The third-order valence-corrected chi connectivity index (χ3v) is 3.37. The summed E-state index contributed by atoms with van der Waals surface area (Å²) < 4.78 is 5.31. The predicted molar refractivity (Wildman–Crippen MR) is 73.7 cm³/mol. The topological polar surface area (TPSA) is 80.7 Å². The van der Waals surface area contributed by atoms with E-state index in [1.165, 1.54) is 6.39 Å². The Bertz CT molecular complexity index is 711. The van der Waals surface area contributed by atoms with Crippen LogP contribution in [-0.2, 0) is 5.41 Å². The van der Waals surface area contributed by atoms with E-state index in [1.54, 1.807) is 0 Å². The smallest absolute Gasteiger partial charge is 0.181 e. The maximum Gasteiger partial charge on any atom is 0.181 e. The van der Waals surface area contributed by atoms with Crippen LogP contribution in [0, 0.1) is 0 Å². The summed E-state index contributed by atoms with van der Waals surface area (Å²) in [6, 6.07) is 5.88. The molecule has 0 radical (unpaired) electrons. The van der Waals surface area contributed by atoms with Gasteiger partial charge in [-0.3, -0.25) is 0 Å². The van der Waals surface area contributed by atoms with E-state index in [9.17, 15) is 0 Å². The van der Waals surface area contributed by atoms with Gasteiger partial charge in [0.15, 0.2) is 12.0 Å². The highest BCUT2D eigenvalue weighted by Crippen LogP contribution is 2.25. The Labute approximate surface area is 110 Å². The minimum atomic E-state index is -0.158. The molecule has 3 N–H and O–H groups in total. The summed E-state index contributed by atoms with van der Waals surface area (Å²) in [5.74, 6) is 0.891. The molecule has 5 heteroatoms. The molecule has 19 heavy (non-hydrogen) atoms. The fourth-order valence-electron chi connectivity index (χ4n) is 1.93. The predicted octanol–water partition coefficient (Wildman–Crippen LogP) is 2.45. The van der Waals surface area contributed by atoms with E-state index >= 15 is 0 Å². The zero-order valence-corrected chi connectivity index (χ0v) is 11.0. The second kappa shape index (κ2) is 4.20. The van der Waals surface area contributed by atoms with Crippen molar-refractivity contribution in [2.75, 3.05) is 6.54 Å². The Morgan fingerprint density at radius 2 is 2.16 bits per heavy atom. The third-order valence-electron chi connectivity index (χ3n) is 3.37. The Kier molecular flexibility index (Phi) is 2.64. The molecule has 0 fully saturated rings. The number of benzene rings is 1. The first kappa shape index (κ1) is 11.9. The van der Waals surface area contributed by atoms with Crippen molar-refractivity contribution in [2.24, 2.45) is 5.73 Å². The van der Waals surface area contributed by atoms with Crippen molar-refractivity contribution in [3.63, 3.8) is 0 Å². The van der Waals surface area contributed by atoms with Crippen molar-refractivity contribution in [1.29, 1.82) is 0 Å². The molecule has 2 aromatic heterocycles. The lowest BCUT2D eigenvalue weighted by molar-refractivity contribution is 0.508. The molecule has 0 atom stereocenters. The van der Waals surface area contributed by atoms with Crippen LogP contribution >= 0.6 is 0 Å². The van der Waals surface area contributed by atoms with E-state index < -0.39 is 0 Å². The van der Waals surface area contributed by atoms with Crippen LogP contribution in [0.2, 0.25) is 0 Å². The van der Waals surface area contributed by atoms with Gasteiger partial charge in [-0.1, -0.05) is 19.9 Å². The van der Waals surface area contributed by atoms with Gasteiger partial charge in [0.05, 0.1) is 11.9 Å². The average Bonchev–Trinajstić information content (AvgIpc) is 3.06. The van der Waals surface area contributed by atoms with Crippen LogP contribution < -0.4 is 5.73 Å². The van der Waals surface area contributed by atoms with E-state index in [4.69, 9.17) is 10.2 Å². The maximum atomic E-state index is 5.76. The monoisotopic (exact) mass is 256 g/mol. The molecule has 3 rings (SSSR count). The molecular formula is C14H16N4O. The molecule has 0 saturated heterocycles. The summed E-state index contributed by atoms with van der Waals surface area (Å²) in [6.07, 6.45) is 3.27. The number of rotatable bonds is 3. The largest absolute Gasteiger partial charge is 0.443 e. The summed E-state index contributed by atoms with van der Waals surface area (Å²) >= 11 is 0. The number of nitrogens with one attached hydrogen (secondary N) is 1. The Morgan fingerprint density at radius 3 is 2.95 bits per heavy atom.